The number of nitrogens with one attached hydrogen (secondary N) is 1. The molecule has 1 aliphatic carbocycles. The molecule has 2 heterocycles. The lowest BCUT2D eigenvalue weighted by Crippen LogP contribution is -2.39. The van der Waals surface area contributed by atoms with E-state index in [0.29, 0.717) is 17.9 Å². The van der Waals surface area contributed by atoms with Crippen LogP contribution in [0.25, 0.3) is 0 Å². The number of nitrogens with zero attached hydrogens (tertiary/aromatic N) is 2. The lowest BCUT2D eigenvalue weighted by atomic mass is 10.2. The van der Waals surface area contributed by atoms with Crippen LogP contribution < -0.4 is 5.32 Å². The summed E-state index contributed by atoms with van der Waals surface area (Å²) in [6.07, 6.45) is -0.191. The summed E-state index contributed by atoms with van der Waals surface area (Å²) in [6, 6.07) is 0.493. The minimum Gasteiger partial charge on any atom is -0.444 e. The van der Waals surface area contributed by atoms with E-state index < -0.39 is 5.60 Å². The highest BCUT2D eigenvalue weighted by atomic mass is 16.6. The lowest BCUT2D eigenvalue weighted by molar-refractivity contribution is 0.0269. The average Bonchev–Trinajstić information content (AvgIpc) is 2.75. The highest BCUT2D eigenvalue weighted by Gasteiger charge is 2.56. The summed E-state index contributed by atoms with van der Waals surface area (Å²) in [6.45, 7) is 12.0. The van der Waals surface area contributed by atoms with E-state index in [1.54, 1.807) is 0 Å². The number of likely N-dealkylation sites (tertiary alicyclic amines) is 1. The van der Waals surface area contributed by atoms with Crippen LogP contribution in [0.5, 0.6) is 0 Å². The second-order valence-corrected chi connectivity index (χ2v) is 7.42. The summed E-state index contributed by atoms with van der Waals surface area (Å²) < 4.78 is 10.6. The van der Waals surface area contributed by atoms with Crippen LogP contribution >= 0.6 is 0 Å². The van der Waals surface area contributed by atoms with Crippen LogP contribution in [0.2, 0.25) is 0 Å². The molecule has 2 fully saturated rings. The standard InChI is InChI=1S/C16H25N3O3/c1-9-11(10(2)22-18-9)6-17-14-12-7-19(8-13(12)14)15(20)21-16(3,4)5/h12-14,17H,6-8H2,1-5H3. The average molecular weight is 307 g/mol. The van der Waals surface area contributed by atoms with Gasteiger partial charge in [-0.2, -0.15) is 0 Å². The number of aromatic nitrogens is 1. The third kappa shape index (κ3) is 2.97. The predicted octanol–water partition coefficient (Wildman–Crippen LogP) is 2.25. The van der Waals surface area contributed by atoms with Gasteiger partial charge in [-0.05, 0) is 46.5 Å². The molecule has 2 atom stereocenters. The topological polar surface area (TPSA) is 67.6 Å². The molecule has 1 aromatic rings. The molecule has 22 heavy (non-hydrogen) atoms. The van der Waals surface area contributed by atoms with E-state index in [1.807, 2.05) is 39.5 Å². The van der Waals surface area contributed by atoms with Gasteiger partial charge in [0, 0.05) is 31.2 Å². The van der Waals surface area contributed by atoms with Crippen LogP contribution in [0.15, 0.2) is 4.52 Å². The third-order valence-electron chi connectivity index (χ3n) is 4.54. The second kappa shape index (κ2) is 5.26. The number of amides is 1. The Morgan fingerprint density at radius 1 is 1.36 bits per heavy atom. The fourth-order valence-corrected chi connectivity index (χ4v) is 3.28. The molecule has 1 saturated heterocycles. The Kier molecular flexibility index (Phi) is 3.67. The Morgan fingerprint density at radius 3 is 2.50 bits per heavy atom. The molecule has 1 aliphatic heterocycles. The van der Waals surface area contributed by atoms with Gasteiger partial charge < -0.3 is 19.5 Å². The number of hydrogen-bond acceptors (Lipinski definition) is 5. The first-order valence-electron chi connectivity index (χ1n) is 7.89. The molecule has 0 aromatic carbocycles. The quantitative estimate of drug-likeness (QED) is 0.927. The molecule has 6 nitrogen and oxygen atoms in total. The number of carbonyl (C=O) groups excluding carboxylic acids is 1. The maximum absolute atomic E-state index is 12.0. The van der Waals surface area contributed by atoms with E-state index in [4.69, 9.17) is 9.26 Å². The van der Waals surface area contributed by atoms with Gasteiger partial charge in [0.2, 0.25) is 0 Å². The molecule has 0 spiro atoms. The second-order valence-electron chi connectivity index (χ2n) is 7.42. The van der Waals surface area contributed by atoms with Crippen molar-refractivity contribution in [3.8, 4) is 0 Å². The van der Waals surface area contributed by atoms with Crippen LogP contribution in [0, 0.1) is 25.7 Å². The van der Waals surface area contributed by atoms with Crippen molar-refractivity contribution in [3.63, 3.8) is 0 Å². The highest BCUT2D eigenvalue weighted by Crippen LogP contribution is 2.46. The van der Waals surface area contributed by atoms with E-state index in [9.17, 15) is 4.79 Å². The van der Waals surface area contributed by atoms with Crippen LogP contribution in [0.3, 0.4) is 0 Å². The maximum Gasteiger partial charge on any atom is 0.410 e. The molecule has 6 heteroatoms. The lowest BCUT2D eigenvalue weighted by Gasteiger charge is -2.26. The summed E-state index contributed by atoms with van der Waals surface area (Å²) in [7, 11) is 0. The van der Waals surface area contributed by atoms with Crippen molar-refractivity contribution >= 4 is 6.09 Å². The molecule has 1 amide bonds. The minimum absolute atomic E-state index is 0.191. The number of piperidine rings is 1. The Bertz CT molecular complexity index is 544. The monoisotopic (exact) mass is 307 g/mol. The number of fused-ring (bicyclic) bond motifs is 1. The predicted molar refractivity (Wildman–Crippen MR) is 81.4 cm³/mol. The highest BCUT2D eigenvalue weighted by molar-refractivity contribution is 5.69. The van der Waals surface area contributed by atoms with E-state index in [0.717, 1.165) is 36.7 Å². The molecule has 0 radical (unpaired) electrons. The van der Waals surface area contributed by atoms with Gasteiger partial charge in [0.15, 0.2) is 0 Å². The maximum atomic E-state index is 12.0. The van der Waals surface area contributed by atoms with Crippen molar-refractivity contribution in [1.29, 1.82) is 0 Å². The molecule has 122 valence electrons. The molecule has 2 aliphatic rings. The number of aryl methyl sites for hydroxylation is 2. The number of ether oxygens (including phenoxy) is 1. The summed E-state index contributed by atoms with van der Waals surface area (Å²) in [5.41, 5.74) is 1.67. The Hall–Kier alpha value is -1.56. The molecular formula is C16H25N3O3. The number of carbonyl (C=O) groups is 1. The fraction of sp³-hybridized carbons (Fsp3) is 0.750. The number of rotatable bonds is 3. The van der Waals surface area contributed by atoms with E-state index in [1.165, 1.54) is 0 Å². The van der Waals surface area contributed by atoms with Gasteiger partial charge in [0.05, 0.1) is 5.69 Å². The first-order valence-corrected chi connectivity index (χ1v) is 7.89. The van der Waals surface area contributed by atoms with Crippen molar-refractivity contribution in [1.82, 2.24) is 15.4 Å². The van der Waals surface area contributed by atoms with E-state index in [-0.39, 0.29) is 6.09 Å². The van der Waals surface area contributed by atoms with Crippen molar-refractivity contribution in [3.05, 3.63) is 17.0 Å². The smallest absolute Gasteiger partial charge is 0.410 e. The summed E-state index contributed by atoms with van der Waals surface area (Å²) in [5, 5.41) is 7.54. The Morgan fingerprint density at radius 2 is 2.00 bits per heavy atom. The Balaban J connectivity index is 1.46. The zero-order valence-electron chi connectivity index (χ0n) is 14.0. The van der Waals surface area contributed by atoms with Gasteiger partial charge >= 0.3 is 6.09 Å². The van der Waals surface area contributed by atoms with Crippen LogP contribution in [-0.4, -0.2) is 40.9 Å². The van der Waals surface area contributed by atoms with Gasteiger partial charge in [-0.25, -0.2) is 4.79 Å². The molecular weight excluding hydrogens is 282 g/mol. The van der Waals surface area contributed by atoms with Crippen LogP contribution in [0.1, 0.15) is 37.8 Å². The summed E-state index contributed by atoms with van der Waals surface area (Å²) in [5.74, 6) is 1.98. The molecule has 1 aromatic heterocycles. The first-order chi connectivity index (χ1) is 10.3. The van der Waals surface area contributed by atoms with Gasteiger partial charge in [0.1, 0.15) is 11.4 Å². The van der Waals surface area contributed by atoms with Crippen LogP contribution in [-0.2, 0) is 11.3 Å². The van der Waals surface area contributed by atoms with E-state index >= 15 is 0 Å². The minimum atomic E-state index is -0.426. The first kappa shape index (κ1) is 15.3. The molecule has 1 N–H and O–H groups in total. The van der Waals surface area contributed by atoms with Crippen LogP contribution in [0.4, 0.5) is 4.79 Å². The van der Waals surface area contributed by atoms with Crippen molar-refractivity contribution in [2.75, 3.05) is 13.1 Å². The largest absolute Gasteiger partial charge is 0.444 e. The molecule has 3 rings (SSSR count). The molecule has 2 unspecified atom stereocenters. The zero-order valence-corrected chi connectivity index (χ0v) is 14.0. The summed E-state index contributed by atoms with van der Waals surface area (Å²) >= 11 is 0. The van der Waals surface area contributed by atoms with E-state index in [2.05, 4.69) is 10.5 Å². The number of hydrogen-bond donors (Lipinski definition) is 1. The van der Waals surface area contributed by atoms with Gasteiger partial charge in [-0.1, -0.05) is 5.16 Å². The van der Waals surface area contributed by atoms with Crippen molar-refractivity contribution < 1.29 is 14.1 Å². The van der Waals surface area contributed by atoms with Crippen molar-refractivity contribution in [2.45, 2.75) is 52.8 Å². The fourth-order valence-electron chi connectivity index (χ4n) is 3.28. The van der Waals surface area contributed by atoms with Gasteiger partial charge in [-0.3, -0.25) is 0 Å². The van der Waals surface area contributed by atoms with Gasteiger partial charge in [0.25, 0.3) is 0 Å². The third-order valence-corrected chi connectivity index (χ3v) is 4.54. The summed E-state index contributed by atoms with van der Waals surface area (Å²) in [4.78, 5) is 13.9. The SMILES string of the molecule is Cc1noc(C)c1CNC1C2CN(C(=O)OC(C)(C)C)CC21. The molecule has 0 bridgehead atoms. The van der Waals surface area contributed by atoms with Crippen molar-refractivity contribution in [2.24, 2.45) is 11.8 Å². The van der Waals surface area contributed by atoms with Gasteiger partial charge in [-0.15, -0.1) is 0 Å². The zero-order chi connectivity index (χ0) is 16.1. The molecule has 1 saturated carbocycles. The Labute approximate surface area is 131 Å². The normalized spacial score (nSPS) is 27.0.